The first-order valence-electron chi connectivity index (χ1n) is 8.47. The minimum Gasteiger partial charge on any atom is -0.462 e. The van der Waals surface area contributed by atoms with E-state index in [9.17, 15) is 9.59 Å². The van der Waals surface area contributed by atoms with Crippen LogP contribution in [0.25, 0.3) is 11.7 Å². The van der Waals surface area contributed by atoms with Gasteiger partial charge >= 0.3 is 5.97 Å². The van der Waals surface area contributed by atoms with Crippen molar-refractivity contribution in [1.29, 1.82) is 0 Å². The molecule has 0 saturated carbocycles. The van der Waals surface area contributed by atoms with E-state index in [1.54, 1.807) is 34.7 Å². The lowest BCUT2D eigenvalue weighted by atomic mass is 10.2. The van der Waals surface area contributed by atoms with Crippen molar-refractivity contribution in [3.05, 3.63) is 71.1 Å². The fourth-order valence-electron chi connectivity index (χ4n) is 2.44. The molecule has 0 atom stereocenters. The molecular formula is C20H18ClN3O3. The zero-order valence-corrected chi connectivity index (χ0v) is 15.4. The maximum atomic E-state index is 12.2. The average Bonchev–Trinajstić information content (AvgIpc) is 3.00. The molecule has 27 heavy (non-hydrogen) atoms. The maximum absolute atomic E-state index is 12.2. The summed E-state index contributed by atoms with van der Waals surface area (Å²) in [5.41, 5.74) is 2.33. The Morgan fingerprint density at radius 2 is 2.00 bits per heavy atom. The molecule has 1 aromatic carbocycles. The quantitative estimate of drug-likeness (QED) is 0.511. The van der Waals surface area contributed by atoms with E-state index in [2.05, 4.69) is 10.3 Å². The first-order valence-corrected chi connectivity index (χ1v) is 8.85. The molecule has 0 aliphatic heterocycles. The lowest BCUT2D eigenvalue weighted by Gasteiger charge is -2.05. The van der Waals surface area contributed by atoms with Gasteiger partial charge in [0.05, 0.1) is 17.9 Å². The molecular weight excluding hydrogens is 366 g/mol. The first kappa shape index (κ1) is 18.7. The molecule has 0 radical (unpaired) electrons. The van der Waals surface area contributed by atoms with Gasteiger partial charge in [-0.1, -0.05) is 24.6 Å². The largest absolute Gasteiger partial charge is 0.462 e. The smallest absolute Gasteiger partial charge is 0.338 e. The number of carbonyl (C=O) groups excluding carboxylic acids is 2. The standard InChI is InChI=1S/C20H18ClN3O3/c1-2-13-27-20(26)14-6-8-15(9-7-14)22-18(25)11-10-16-19(21)23-17-5-3-4-12-24(16)17/h3-12H,2,13H2,1H3,(H,22,25)/b11-10+. The van der Waals surface area contributed by atoms with Crippen LogP contribution in [0.5, 0.6) is 0 Å². The molecule has 2 aromatic heterocycles. The number of hydrogen-bond donors (Lipinski definition) is 1. The number of carbonyl (C=O) groups is 2. The normalized spacial score (nSPS) is 11.0. The number of pyridine rings is 1. The van der Waals surface area contributed by atoms with E-state index in [1.807, 2.05) is 31.3 Å². The van der Waals surface area contributed by atoms with Crippen LogP contribution in [0.4, 0.5) is 5.69 Å². The predicted octanol–water partition coefficient (Wildman–Crippen LogP) is 4.21. The Morgan fingerprint density at radius 3 is 2.74 bits per heavy atom. The van der Waals surface area contributed by atoms with Crippen molar-refractivity contribution in [3.63, 3.8) is 0 Å². The highest BCUT2D eigenvalue weighted by Gasteiger charge is 2.09. The van der Waals surface area contributed by atoms with Crippen LogP contribution < -0.4 is 5.32 Å². The Kier molecular flexibility index (Phi) is 5.88. The zero-order chi connectivity index (χ0) is 19.2. The molecule has 0 spiro atoms. The second-order valence-corrected chi connectivity index (χ2v) is 6.11. The fourth-order valence-corrected chi connectivity index (χ4v) is 2.68. The third-order valence-corrected chi connectivity index (χ3v) is 4.02. The van der Waals surface area contributed by atoms with Gasteiger partial charge in [-0.2, -0.15) is 0 Å². The van der Waals surface area contributed by atoms with Crippen molar-refractivity contribution in [2.24, 2.45) is 0 Å². The van der Waals surface area contributed by atoms with Crippen molar-refractivity contribution < 1.29 is 14.3 Å². The van der Waals surface area contributed by atoms with E-state index in [0.717, 1.165) is 6.42 Å². The van der Waals surface area contributed by atoms with Gasteiger partial charge in [-0.25, -0.2) is 9.78 Å². The zero-order valence-electron chi connectivity index (χ0n) is 14.7. The highest BCUT2D eigenvalue weighted by molar-refractivity contribution is 6.31. The summed E-state index contributed by atoms with van der Waals surface area (Å²) in [4.78, 5) is 28.1. The highest BCUT2D eigenvalue weighted by atomic mass is 35.5. The monoisotopic (exact) mass is 383 g/mol. The molecule has 1 N–H and O–H groups in total. The van der Waals surface area contributed by atoms with Crippen molar-refractivity contribution in [2.45, 2.75) is 13.3 Å². The van der Waals surface area contributed by atoms with Crippen molar-refractivity contribution >= 4 is 40.9 Å². The lowest BCUT2D eigenvalue weighted by molar-refractivity contribution is -0.111. The predicted molar refractivity (Wildman–Crippen MR) is 105 cm³/mol. The molecule has 2 heterocycles. The van der Waals surface area contributed by atoms with E-state index in [4.69, 9.17) is 16.3 Å². The van der Waals surface area contributed by atoms with Gasteiger partial charge in [0, 0.05) is 18.0 Å². The van der Waals surface area contributed by atoms with Crippen LogP contribution in [0.15, 0.2) is 54.7 Å². The second-order valence-electron chi connectivity index (χ2n) is 5.75. The summed E-state index contributed by atoms with van der Waals surface area (Å²) in [5, 5.41) is 3.05. The van der Waals surface area contributed by atoms with Gasteiger partial charge < -0.3 is 10.1 Å². The summed E-state index contributed by atoms with van der Waals surface area (Å²) in [5.74, 6) is -0.699. The number of nitrogens with zero attached hydrogens (tertiary/aromatic N) is 2. The van der Waals surface area contributed by atoms with Crippen LogP contribution in [-0.4, -0.2) is 27.9 Å². The van der Waals surface area contributed by atoms with Crippen LogP contribution in [-0.2, 0) is 9.53 Å². The third-order valence-electron chi connectivity index (χ3n) is 3.74. The average molecular weight is 384 g/mol. The van der Waals surface area contributed by atoms with E-state index >= 15 is 0 Å². The van der Waals surface area contributed by atoms with Crippen LogP contribution in [0.2, 0.25) is 5.15 Å². The number of benzene rings is 1. The number of nitrogens with one attached hydrogen (secondary N) is 1. The molecule has 0 aliphatic rings. The van der Waals surface area contributed by atoms with E-state index in [0.29, 0.717) is 34.4 Å². The summed E-state index contributed by atoms with van der Waals surface area (Å²) < 4.78 is 6.86. The SMILES string of the molecule is CCCOC(=O)c1ccc(NC(=O)/C=C/c2c(Cl)nc3ccccn23)cc1. The van der Waals surface area contributed by atoms with E-state index in [1.165, 1.54) is 6.08 Å². The molecule has 0 unspecified atom stereocenters. The summed E-state index contributed by atoms with van der Waals surface area (Å²) >= 11 is 6.14. The van der Waals surface area contributed by atoms with Gasteiger partial charge in [-0.15, -0.1) is 0 Å². The number of amides is 1. The molecule has 7 heteroatoms. The van der Waals surface area contributed by atoms with Gasteiger partial charge in [0.25, 0.3) is 0 Å². The van der Waals surface area contributed by atoms with Crippen molar-refractivity contribution in [2.75, 3.05) is 11.9 Å². The Bertz CT molecular complexity index is 993. The molecule has 1 amide bonds. The molecule has 6 nitrogen and oxygen atoms in total. The Hall–Kier alpha value is -3.12. The molecule has 3 aromatic rings. The molecule has 0 bridgehead atoms. The van der Waals surface area contributed by atoms with Gasteiger partial charge in [-0.3, -0.25) is 9.20 Å². The van der Waals surface area contributed by atoms with Gasteiger partial charge in [0.15, 0.2) is 5.15 Å². The van der Waals surface area contributed by atoms with Crippen LogP contribution in [0, 0.1) is 0 Å². The number of aromatic nitrogens is 2. The Balaban J connectivity index is 1.66. The number of imidazole rings is 1. The number of rotatable bonds is 6. The first-order chi connectivity index (χ1) is 13.1. The Labute approximate surface area is 161 Å². The fraction of sp³-hybridized carbons (Fsp3) is 0.150. The summed E-state index contributed by atoms with van der Waals surface area (Å²) in [7, 11) is 0. The lowest BCUT2D eigenvalue weighted by Crippen LogP contribution is -2.09. The maximum Gasteiger partial charge on any atom is 0.338 e. The molecule has 3 rings (SSSR count). The number of fused-ring (bicyclic) bond motifs is 1. The number of anilines is 1. The highest BCUT2D eigenvalue weighted by Crippen LogP contribution is 2.19. The number of ether oxygens (including phenoxy) is 1. The summed E-state index contributed by atoms with van der Waals surface area (Å²) in [6.45, 7) is 2.31. The van der Waals surface area contributed by atoms with Gasteiger partial charge in [-0.05, 0) is 48.9 Å². The van der Waals surface area contributed by atoms with Gasteiger partial charge in [0.2, 0.25) is 5.91 Å². The molecule has 0 saturated heterocycles. The van der Waals surface area contributed by atoms with Crippen LogP contribution >= 0.6 is 11.6 Å². The molecule has 138 valence electrons. The summed E-state index contributed by atoms with van der Waals surface area (Å²) in [6, 6.07) is 12.1. The third kappa shape index (κ3) is 4.54. The van der Waals surface area contributed by atoms with Crippen molar-refractivity contribution in [3.8, 4) is 0 Å². The molecule has 0 fully saturated rings. The second kappa shape index (κ2) is 8.51. The molecule has 0 aliphatic carbocycles. The Morgan fingerprint density at radius 1 is 1.22 bits per heavy atom. The van der Waals surface area contributed by atoms with Crippen LogP contribution in [0.3, 0.4) is 0 Å². The summed E-state index contributed by atoms with van der Waals surface area (Å²) in [6.07, 6.45) is 5.57. The number of hydrogen-bond acceptors (Lipinski definition) is 4. The number of esters is 1. The minimum atomic E-state index is -0.378. The number of halogens is 1. The van der Waals surface area contributed by atoms with Crippen LogP contribution in [0.1, 0.15) is 29.4 Å². The van der Waals surface area contributed by atoms with Crippen molar-refractivity contribution in [1.82, 2.24) is 9.38 Å². The minimum absolute atomic E-state index is 0.320. The van der Waals surface area contributed by atoms with E-state index < -0.39 is 0 Å². The van der Waals surface area contributed by atoms with E-state index in [-0.39, 0.29) is 11.9 Å². The van der Waals surface area contributed by atoms with Gasteiger partial charge in [0.1, 0.15) is 5.65 Å². The topological polar surface area (TPSA) is 72.7 Å².